The molecule has 3 nitrogen and oxygen atoms in total. The van der Waals surface area contributed by atoms with Crippen LogP contribution in [-0.4, -0.2) is 25.0 Å². The Morgan fingerprint density at radius 3 is 2.40 bits per heavy atom. The van der Waals surface area contributed by atoms with Gasteiger partial charge in [0.25, 0.3) is 0 Å². The van der Waals surface area contributed by atoms with Crippen LogP contribution < -0.4 is 10.1 Å². The van der Waals surface area contributed by atoms with Crippen molar-refractivity contribution in [1.29, 1.82) is 0 Å². The van der Waals surface area contributed by atoms with Gasteiger partial charge in [-0.15, -0.1) is 0 Å². The van der Waals surface area contributed by atoms with Crippen molar-refractivity contribution in [2.75, 3.05) is 7.11 Å². The first kappa shape index (κ1) is 13.5. The summed E-state index contributed by atoms with van der Waals surface area (Å²) in [5, 5.41) is 3.46. The second-order valence-electron chi connectivity index (χ2n) is 5.64. The molecule has 0 saturated carbocycles. The molecule has 2 bridgehead atoms. The van der Waals surface area contributed by atoms with Crippen molar-refractivity contribution in [3.8, 4) is 5.75 Å². The van der Waals surface area contributed by atoms with E-state index in [1.54, 1.807) is 0 Å². The smallest absolute Gasteiger partial charge is 0.169 e. The SMILES string of the molecule is COc1cc(F)c(F)cc1C(=O)C1CC2CCC(C1)N2. The lowest BCUT2D eigenvalue weighted by Gasteiger charge is -2.28. The van der Waals surface area contributed by atoms with Gasteiger partial charge in [-0.3, -0.25) is 4.79 Å². The number of hydrogen-bond donors (Lipinski definition) is 1. The van der Waals surface area contributed by atoms with Gasteiger partial charge in [0.1, 0.15) is 5.75 Å². The Labute approximate surface area is 116 Å². The summed E-state index contributed by atoms with van der Waals surface area (Å²) in [6, 6.07) is 2.65. The Kier molecular flexibility index (Phi) is 3.46. The molecule has 2 unspecified atom stereocenters. The number of ketones is 1. The number of ether oxygens (including phenoxy) is 1. The molecule has 1 aromatic rings. The number of methoxy groups -OCH3 is 1. The average Bonchev–Trinajstić information content (AvgIpc) is 2.79. The van der Waals surface area contributed by atoms with Gasteiger partial charge in [0.05, 0.1) is 12.7 Å². The fraction of sp³-hybridized carbons (Fsp3) is 0.533. The van der Waals surface area contributed by atoms with Crippen molar-refractivity contribution in [3.05, 3.63) is 29.3 Å². The topological polar surface area (TPSA) is 38.3 Å². The number of rotatable bonds is 3. The van der Waals surface area contributed by atoms with E-state index in [4.69, 9.17) is 4.74 Å². The van der Waals surface area contributed by atoms with Crippen molar-refractivity contribution in [1.82, 2.24) is 5.32 Å². The number of nitrogens with one attached hydrogen (secondary N) is 1. The van der Waals surface area contributed by atoms with Crippen LogP contribution in [0.5, 0.6) is 5.75 Å². The quantitative estimate of drug-likeness (QED) is 0.866. The average molecular weight is 281 g/mol. The van der Waals surface area contributed by atoms with Crippen molar-refractivity contribution >= 4 is 5.78 Å². The molecule has 5 heteroatoms. The molecule has 2 atom stereocenters. The summed E-state index contributed by atoms with van der Waals surface area (Å²) in [6.07, 6.45) is 3.70. The number of piperidine rings is 1. The molecular formula is C15H17F2NO2. The molecule has 2 heterocycles. The van der Waals surface area contributed by atoms with Crippen LogP contribution in [0.1, 0.15) is 36.0 Å². The third-order valence-corrected chi connectivity index (χ3v) is 4.35. The molecule has 0 aromatic heterocycles. The maximum Gasteiger partial charge on any atom is 0.169 e. The number of fused-ring (bicyclic) bond motifs is 2. The summed E-state index contributed by atoms with van der Waals surface area (Å²) in [7, 11) is 1.36. The molecule has 2 saturated heterocycles. The van der Waals surface area contributed by atoms with Crippen LogP contribution in [0.2, 0.25) is 0 Å². The van der Waals surface area contributed by atoms with E-state index in [1.807, 2.05) is 0 Å². The molecule has 3 rings (SSSR count). The molecule has 2 fully saturated rings. The summed E-state index contributed by atoms with van der Waals surface area (Å²) >= 11 is 0. The molecule has 2 aliphatic heterocycles. The minimum atomic E-state index is -1.01. The molecular weight excluding hydrogens is 264 g/mol. The highest BCUT2D eigenvalue weighted by molar-refractivity contribution is 6.00. The van der Waals surface area contributed by atoms with E-state index in [9.17, 15) is 13.6 Å². The molecule has 0 radical (unpaired) electrons. The zero-order chi connectivity index (χ0) is 14.3. The Hall–Kier alpha value is -1.49. The van der Waals surface area contributed by atoms with E-state index in [2.05, 4.69) is 5.32 Å². The normalized spacial score (nSPS) is 28.4. The standard InChI is InChI=1S/C15H17F2NO2/c1-20-14-7-13(17)12(16)6-11(14)15(19)8-4-9-2-3-10(5-8)18-9/h6-10,18H,2-5H2,1H3. The van der Waals surface area contributed by atoms with E-state index >= 15 is 0 Å². The van der Waals surface area contributed by atoms with E-state index in [0.29, 0.717) is 12.1 Å². The largest absolute Gasteiger partial charge is 0.496 e. The van der Waals surface area contributed by atoms with E-state index in [1.165, 1.54) is 7.11 Å². The summed E-state index contributed by atoms with van der Waals surface area (Å²) in [4.78, 5) is 12.6. The van der Waals surface area contributed by atoms with Gasteiger partial charge in [-0.05, 0) is 31.7 Å². The second-order valence-corrected chi connectivity index (χ2v) is 5.64. The Morgan fingerprint density at radius 2 is 1.80 bits per heavy atom. The molecule has 0 spiro atoms. The summed E-state index contributed by atoms with van der Waals surface area (Å²) < 4.78 is 31.6. The van der Waals surface area contributed by atoms with Crippen LogP contribution in [0.3, 0.4) is 0 Å². The zero-order valence-corrected chi connectivity index (χ0v) is 11.3. The lowest BCUT2D eigenvalue weighted by Crippen LogP contribution is -2.40. The highest BCUT2D eigenvalue weighted by Gasteiger charge is 2.37. The van der Waals surface area contributed by atoms with Crippen LogP contribution in [0.15, 0.2) is 12.1 Å². The molecule has 108 valence electrons. The predicted molar refractivity (Wildman–Crippen MR) is 69.9 cm³/mol. The van der Waals surface area contributed by atoms with Crippen LogP contribution >= 0.6 is 0 Å². The second kappa shape index (κ2) is 5.13. The number of carbonyl (C=O) groups is 1. The number of Topliss-reactive ketones (excluding diaryl/α,β-unsaturated/α-hetero) is 1. The maximum absolute atomic E-state index is 13.4. The number of halogens is 2. The summed E-state index contributed by atoms with van der Waals surface area (Å²) in [6.45, 7) is 0. The third-order valence-electron chi connectivity index (χ3n) is 4.35. The molecule has 0 aliphatic carbocycles. The summed E-state index contributed by atoms with van der Waals surface area (Å²) in [5.74, 6) is -2.17. The van der Waals surface area contributed by atoms with Crippen molar-refractivity contribution in [2.24, 2.45) is 5.92 Å². The number of benzene rings is 1. The maximum atomic E-state index is 13.4. The third kappa shape index (κ3) is 2.30. The van der Waals surface area contributed by atoms with Crippen molar-refractivity contribution in [3.63, 3.8) is 0 Å². The lowest BCUT2D eigenvalue weighted by molar-refractivity contribution is 0.0872. The predicted octanol–water partition coefficient (Wildman–Crippen LogP) is 2.69. The van der Waals surface area contributed by atoms with Gasteiger partial charge in [-0.2, -0.15) is 0 Å². The van der Waals surface area contributed by atoms with E-state index < -0.39 is 11.6 Å². The highest BCUT2D eigenvalue weighted by atomic mass is 19.2. The molecule has 20 heavy (non-hydrogen) atoms. The first-order chi connectivity index (χ1) is 9.58. The zero-order valence-electron chi connectivity index (χ0n) is 11.3. The van der Waals surface area contributed by atoms with E-state index in [-0.39, 0.29) is 23.0 Å². The fourth-order valence-electron chi connectivity index (χ4n) is 3.38. The summed E-state index contributed by atoms with van der Waals surface area (Å²) in [5.41, 5.74) is 0.151. The van der Waals surface area contributed by atoms with Gasteiger partial charge in [-0.1, -0.05) is 0 Å². The minimum Gasteiger partial charge on any atom is -0.496 e. The molecule has 1 aromatic carbocycles. The lowest BCUT2D eigenvalue weighted by atomic mass is 9.85. The van der Waals surface area contributed by atoms with Crippen LogP contribution in [0, 0.1) is 17.6 Å². The Bertz CT molecular complexity index is 535. The fourth-order valence-corrected chi connectivity index (χ4v) is 3.38. The van der Waals surface area contributed by atoms with Crippen LogP contribution in [0.25, 0.3) is 0 Å². The number of hydrogen-bond acceptors (Lipinski definition) is 3. The van der Waals surface area contributed by atoms with Crippen molar-refractivity contribution < 1.29 is 18.3 Å². The monoisotopic (exact) mass is 281 g/mol. The first-order valence-corrected chi connectivity index (χ1v) is 6.91. The Balaban J connectivity index is 1.88. The molecule has 1 N–H and O–H groups in total. The van der Waals surface area contributed by atoms with E-state index in [0.717, 1.165) is 37.8 Å². The molecule has 0 amide bonds. The van der Waals surface area contributed by atoms with Gasteiger partial charge in [0, 0.05) is 24.1 Å². The Morgan fingerprint density at radius 1 is 1.20 bits per heavy atom. The van der Waals surface area contributed by atoms with Crippen LogP contribution in [0.4, 0.5) is 8.78 Å². The van der Waals surface area contributed by atoms with Gasteiger partial charge >= 0.3 is 0 Å². The molecule has 2 aliphatic rings. The highest BCUT2D eigenvalue weighted by Crippen LogP contribution is 2.35. The number of carbonyl (C=O) groups excluding carboxylic acids is 1. The van der Waals surface area contributed by atoms with Crippen LogP contribution in [-0.2, 0) is 0 Å². The van der Waals surface area contributed by atoms with Gasteiger partial charge in [0.15, 0.2) is 17.4 Å². The van der Waals surface area contributed by atoms with Gasteiger partial charge < -0.3 is 10.1 Å². The van der Waals surface area contributed by atoms with Gasteiger partial charge in [-0.25, -0.2) is 8.78 Å². The first-order valence-electron chi connectivity index (χ1n) is 6.91. The van der Waals surface area contributed by atoms with Gasteiger partial charge in [0.2, 0.25) is 0 Å². The minimum absolute atomic E-state index is 0.111. The van der Waals surface area contributed by atoms with Crippen molar-refractivity contribution in [2.45, 2.75) is 37.8 Å².